The Bertz CT molecular complexity index is 514. The van der Waals surface area contributed by atoms with Crippen molar-refractivity contribution in [3.8, 4) is 0 Å². The number of aromatic nitrogens is 1. The standard InChI is InChI=1S/C14H14F2N2/c15-13-5-4-10(8-14(13)16)11(9-17)7-12-3-1-2-6-18-12/h1-6,8,11H,7,9,17H2. The van der Waals surface area contributed by atoms with Crippen LogP contribution in [0.3, 0.4) is 0 Å². The van der Waals surface area contributed by atoms with E-state index in [0.717, 1.165) is 11.8 Å². The van der Waals surface area contributed by atoms with Crippen LogP contribution in [0, 0.1) is 11.6 Å². The van der Waals surface area contributed by atoms with E-state index in [2.05, 4.69) is 4.98 Å². The molecule has 2 N–H and O–H groups in total. The van der Waals surface area contributed by atoms with Gasteiger partial charge in [-0.05, 0) is 42.8 Å². The van der Waals surface area contributed by atoms with Gasteiger partial charge >= 0.3 is 0 Å². The largest absolute Gasteiger partial charge is 0.330 e. The van der Waals surface area contributed by atoms with Crippen LogP contribution in [-0.4, -0.2) is 11.5 Å². The molecule has 0 saturated carbocycles. The molecule has 0 aliphatic carbocycles. The highest BCUT2D eigenvalue weighted by Crippen LogP contribution is 2.21. The molecule has 2 nitrogen and oxygen atoms in total. The summed E-state index contributed by atoms with van der Waals surface area (Å²) >= 11 is 0. The lowest BCUT2D eigenvalue weighted by atomic mass is 9.94. The maximum atomic E-state index is 13.2. The van der Waals surface area contributed by atoms with Crippen LogP contribution < -0.4 is 5.73 Å². The van der Waals surface area contributed by atoms with Crippen molar-refractivity contribution in [1.29, 1.82) is 0 Å². The second kappa shape index (κ2) is 5.69. The fourth-order valence-corrected chi connectivity index (χ4v) is 1.87. The van der Waals surface area contributed by atoms with Gasteiger partial charge in [0.05, 0.1) is 0 Å². The molecule has 2 rings (SSSR count). The van der Waals surface area contributed by atoms with Gasteiger partial charge in [0.15, 0.2) is 11.6 Å². The molecule has 18 heavy (non-hydrogen) atoms. The molecule has 0 aliphatic heterocycles. The van der Waals surface area contributed by atoms with E-state index in [4.69, 9.17) is 5.73 Å². The molecule has 0 fully saturated rings. The minimum Gasteiger partial charge on any atom is -0.330 e. The zero-order valence-electron chi connectivity index (χ0n) is 9.81. The third-order valence-corrected chi connectivity index (χ3v) is 2.88. The Kier molecular flexibility index (Phi) is 3.99. The summed E-state index contributed by atoms with van der Waals surface area (Å²) in [6.45, 7) is 0.363. The predicted octanol–water partition coefficient (Wildman–Crippen LogP) is 2.64. The van der Waals surface area contributed by atoms with Gasteiger partial charge in [-0.1, -0.05) is 12.1 Å². The number of hydrogen-bond donors (Lipinski definition) is 1. The lowest BCUT2D eigenvalue weighted by molar-refractivity contribution is 0.504. The van der Waals surface area contributed by atoms with E-state index >= 15 is 0 Å². The number of benzene rings is 1. The Morgan fingerprint density at radius 3 is 2.56 bits per heavy atom. The number of pyridine rings is 1. The third kappa shape index (κ3) is 2.90. The first kappa shape index (κ1) is 12.6. The second-order valence-corrected chi connectivity index (χ2v) is 4.13. The van der Waals surface area contributed by atoms with Crippen molar-refractivity contribution in [1.82, 2.24) is 4.98 Å². The van der Waals surface area contributed by atoms with E-state index in [1.807, 2.05) is 18.2 Å². The fourth-order valence-electron chi connectivity index (χ4n) is 1.87. The topological polar surface area (TPSA) is 38.9 Å². The van der Waals surface area contributed by atoms with Crippen molar-refractivity contribution in [2.24, 2.45) is 5.73 Å². The lowest BCUT2D eigenvalue weighted by Gasteiger charge is -2.15. The number of rotatable bonds is 4. The summed E-state index contributed by atoms with van der Waals surface area (Å²) in [5.74, 6) is -1.74. The number of hydrogen-bond acceptors (Lipinski definition) is 2. The van der Waals surface area contributed by atoms with Crippen molar-refractivity contribution in [3.05, 3.63) is 65.5 Å². The average Bonchev–Trinajstić information content (AvgIpc) is 2.40. The van der Waals surface area contributed by atoms with Crippen LogP contribution in [0.1, 0.15) is 17.2 Å². The first-order valence-corrected chi connectivity index (χ1v) is 5.75. The molecule has 0 radical (unpaired) electrons. The molecule has 4 heteroatoms. The first-order chi connectivity index (χ1) is 8.70. The summed E-state index contributed by atoms with van der Waals surface area (Å²) in [7, 11) is 0. The summed E-state index contributed by atoms with van der Waals surface area (Å²) in [6.07, 6.45) is 2.32. The van der Waals surface area contributed by atoms with Crippen LogP contribution in [0.15, 0.2) is 42.6 Å². The van der Waals surface area contributed by atoms with Gasteiger partial charge in [0, 0.05) is 17.8 Å². The Balaban J connectivity index is 2.20. The summed E-state index contributed by atoms with van der Waals surface area (Å²) in [4.78, 5) is 4.21. The highest BCUT2D eigenvalue weighted by molar-refractivity contribution is 5.24. The van der Waals surface area contributed by atoms with E-state index in [1.54, 1.807) is 12.3 Å². The number of halogens is 2. The van der Waals surface area contributed by atoms with Gasteiger partial charge in [0.1, 0.15) is 0 Å². The van der Waals surface area contributed by atoms with Crippen LogP contribution >= 0.6 is 0 Å². The van der Waals surface area contributed by atoms with E-state index in [0.29, 0.717) is 18.5 Å². The van der Waals surface area contributed by atoms with Gasteiger partial charge in [0.25, 0.3) is 0 Å². The summed E-state index contributed by atoms with van der Waals surface area (Å²) in [5.41, 5.74) is 7.28. The minimum atomic E-state index is -0.841. The van der Waals surface area contributed by atoms with Gasteiger partial charge in [0.2, 0.25) is 0 Å². The highest BCUT2D eigenvalue weighted by Gasteiger charge is 2.13. The summed E-state index contributed by atoms with van der Waals surface area (Å²) in [5, 5.41) is 0. The van der Waals surface area contributed by atoms with Gasteiger partial charge in [-0.3, -0.25) is 4.98 Å². The molecule has 0 aliphatic rings. The molecule has 94 valence electrons. The Morgan fingerprint density at radius 1 is 1.11 bits per heavy atom. The molecular weight excluding hydrogens is 234 g/mol. The molecule has 0 bridgehead atoms. The second-order valence-electron chi connectivity index (χ2n) is 4.13. The number of nitrogens with zero attached hydrogens (tertiary/aromatic N) is 1. The van der Waals surface area contributed by atoms with Crippen LogP contribution in [0.2, 0.25) is 0 Å². The van der Waals surface area contributed by atoms with Crippen molar-refractivity contribution >= 4 is 0 Å². The van der Waals surface area contributed by atoms with Gasteiger partial charge in [-0.25, -0.2) is 8.78 Å². The summed E-state index contributed by atoms with van der Waals surface area (Å²) in [6, 6.07) is 9.52. The van der Waals surface area contributed by atoms with Crippen LogP contribution in [0.5, 0.6) is 0 Å². The van der Waals surface area contributed by atoms with Gasteiger partial charge < -0.3 is 5.73 Å². The molecule has 0 amide bonds. The third-order valence-electron chi connectivity index (χ3n) is 2.88. The van der Waals surface area contributed by atoms with E-state index in [1.165, 1.54) is 6.07 Å². The lowest BCUT2D eigenvalue weighted by Crippen LogP contribution is -2.16. The van der Waals surface area contributed by atoms with Crippen molar-refractivity contribution in [3.63, 3.8) is 0 Å². The zero-order chi connectivity index (χ0) is 13.0. The van der Waals surface area contributed by atoms with Crippen molar-refractivity contribution < 1.29 is 8.78 Å². The van der Waals surface area contributed by atoms with Crippen LogP contribution in [0.4, 0.5) is 8.78 Å². The van der Waals surface area contributed by atoms with Crippen molar-refractivity contribution in [2.45, 2.75) is 12.3 Å². The minimum absolute atomic E-state index is 0.0602. The zero-order valence-corrected chi connectivity index (χ0v) is 9.81. The highest BCUT2D eigenvalue weighted by atomic mass is 19.2. The van der Waals surface area contributed by atoms with E-state index < -0.39 is 11.6 Å². The van der Waals surface area contributed by atoms with Gasteiger partial charge in [-0.15, -0.1) is 0 Å². The Labute approximate surface area is 104 Å². The van der Waals surface area contributed by atoms with E-state index in [-0.39, 0.29) is 5.92 Å². The average molecular weight is 248 g/mol. The number of nitrogens with two attached hydrogens (primary N) is 1. The fraction of sp³-hybridized carbons (Fsp3) is 0.214. The molecule has 0 spiro atoms. The van der Waals surface area contributed by atoms with Crippen LogP contribution in [-0.2, 0) is 6.42 Å². The quantitative estimate of drug-likeness (QED) is 0.903. The smallest absolute Gasteiger partial charge is 0.159 e. The normalized spacial score (nSPS) is 12.4. The molecule has 1 atom stereocenters. The predicted molar refractivity (Wildman–Crippen MR) is 66.1 cm³/mol. The SMILES string of the molecule is NCC(Cc1ccccn1)c1ccc(F)c(F)c1. The van der Waals surface area contributed by atoms with Crippen molar-refractivity contribution in [2.75, 3.05) is 6.54 Å². The maximum Gasteiger partial charge on any atom is 0.159 e. The molecule has 1 heterocycles. The monoisotopic (exact) mass is 248 g/mol. The Morgan fingerprint density at radius 2 is 1.94 bits per heavy atom. The molecule has 0 saturated heterocycles. The molecule has 2 aromatic rings. The van der Waals surface area contributed by atoms with E-state index in [9.17, 15) is 8.78 Å². The van der Waals surface area contributed by atoms with Gasteiger partial charge in [-0.2, -0.15) is 0 Å². The molecule has 1 unspecified atom stereocenters. The molecule has 1 aromatic heterocycles. The maximum absolute atomic E-state index is 13.2. The first-order valence-electron chi connectivity index (χ1n) is 5.75. The molecule has 1 aromatic carbocycles. The molecular formula is C14H14F2N2. The van der Waals surface area contributed by atoms with Crippen LogP contribution in [0.25, 0.3) is 0 Å². The Hall–Kier alpha value is -1.81. The summed E-state index contributed by atoms with van der Waals surface area (Å²) < 4.78 is 26.1.